The van der Waals surface area contributed by atoms with E-state index in [-0.39, 0.29) is 44.6 Å². The summed E-state index contributed by atoms with van der Waals surface area (Å²) in [5.41, 5.74) is 21.9. The summed E-state index contributed by atoms with van der Waals surface area (Å²) in [7, 11) is 0. The van der Waals surface area contributed by atoms with Gasteiger partial charge in [-0.1, -0.05) is 162 Å². The number of rotatable bonds is 2. The van der Waals surface area contributed by atoms with Crippen LogP contribution < -0.4 is 25.5 Å². The Balaban J connectivity index is 1.49. The summed E-state index contributed by atoms with van der Waals surface area (Å²) < 4.78 is 2.81. The maximum atomic E-state index is 2.77. The highest BCUT2D eigenvalue weighted by molar-refractivity contribution is 7.33. The largest absolute Gasteiger partial charge is 0.311 e. The Bertz CT molecular complexity index is 2860. The van der Waals surface area contributed by atoms with E-state index in [0.29, 0.717) is 0 Å². The van der Waals surface area contributed by atoms with E-state index in [4.69, 9.17) is 0 Å². The Morgan fingerprint density at radius 2 is 0.938 bits per heavy atom. The maximum absolute atomic E-state index is 2.77. The molecule has 340 valence electrons. The van der Waals surface area contributed by atoms with E-state index in [1.807, 2.05) is 11.3 Å². The number of thiophene rings is 1. The van der Waals surface area contributed by atoms with Gasteiger partial charge in [-0.15, -0.1) is 11.3 Å². The number of aryl methyl sites for hydroxylation is 1. The van der Waals surface area contributed by atoms with Crippen LogP contribution in [0.4, 0.5) is 34.1 Å². The van der Waals surface area contributed by atoms with Gasteiger partial charge in [0.05, 0.1) is 5.69 Å². The van der Waals surface area contributed by atoms with Crippen LogP contribution in [0.3, 0.4) is 0 Å². The second kappa shape index (κ2) is 14.4. The van der Waals surface area contributed by atoms with Gasteiger partial charge in [-0.05, 0) is 162 Å². The van der Waals surface area contributed by atoms with Gasteiger partial charge in [0.15, 0.2) is 0 Å². The lowest BCUT2D eigenvalue weighted by molar-refractivity contribution is 0.333. The molecule has 0 saturated heterocycles. The summed E-state index contributed by atoms with van der Waals surface area (Å²) >= 11 is 2.03. The van der Waals surface area contributed by atoms with Gasteiger partial charge in [-0.3, -0.25) is 0 Å². The third kappa shape index (κ3) is 7.52. The monoisotopic (exact) mass is 881 g/mol. The van der Waals surface area contributed by atoms with Gasteiger partial charge in [0.1, 0.15) is 0 Å². The number of anilines is 6. The van der Waals surface area contributed by atoms with Crippen molar-refractivity contribution in [2.45, 2.75) is 189 Å². The fraction of sp³-hybridized carbons (Fsp3) is 0.475. The van der Waals surface area contributed by atoms with Crippen LogP contribution in [0.25, 0.3) is 10.1 Å². The molecule has 0 amide bonds. The van der Waals surface area contributed by atoms with Gasteiger partial charge in [0, 0.05) is 43.3 Å². The Labute approximate surface area is 398 Å². The Hall–Kier alpha value is -4.28. The van der Waals surface area contributed by atoms with Crippen molar-refractivity contribution >= 4 is 78.0 Å². The van der Waals surface area contributed by atoms with E-state index in [9.17, 15) is 0 Å². The maximum Gasteiger partial charge on any atom is 0.264 e. The van der Waals surface area contributed by atoms with E-state index in [1.54, 1.807) is 0 Å². The topological polar surface area (TPSA) is 6.48 Å². The van der Waals surface area contributed by atoms with Gasteiger partial charge in [-0.2, -0.15) is 0 Å². The van der Waals surface area contributed by atoms with E-state index >= 15 is 0 Å². The van der Waals surface area contributed by atoms with Crippen LogP contribution in [0.5, 0.6) is 0 Å². The van der Waals surface area contributed by atoms with Crippen LogP contribution in [0.2, 0.25) is 0 Å². The van der Waals surface area contributed by atoms with Crippen LogP contribution in [-0.2, 0) is 37.9 Å². The quantitative estimate of drug-likeness (QED) is 0.160. The average Bonchev–Trinajstić information content (AvgIpc) is 3.55. The van der Waals surface area contributed by atoms with Crippen molar-refractivity contribution in [3.63, 3.8) is 0 Å². The summed E-state index contributed by atoms with van der Waals surface area (Å²) in [4.78, 5) is 5.48. The van der Waals surface area contributed by atoms with Crippen LogP contribution >= 0.6 is 11.3 Å². The molecule has 0 N–H and O–H groups in total. The molecule has 0 unspecified atom stereocenters. The van der Waals surface area contributed by atoms with E-state index in [1.165, 1.54) is 111 Å². The van der Waals surface area contributed by atoms with Crippen LogP contribution in [0.15, 0.2) is 78.9 Å². The molecule has 0 spiro atoms. The summed E-state index contributed by atoms with van der Waals surface area (Å²) in [6, 6.07) is 32.6. The minimum atomic E-state index is -0.0302. The molecule has 2 aliphatic heterocycles. The predicted molar refractivity (Wildman–Crippen MR) is 289 cm³/mol. The normalized spacial score (nSPS) is 17.0. The number of hydrogen-bond acceptors (Lipinski definition) is 3. The van der Waals surface area contributed by atoms with Crippen molar-refractivity contribution in [1.29, 1.82) is 0 Å². The fourth-order valence-electron chi connectivity index (χ4n) is 11.1. The molecule has 0 saturated carbocycles. The van der Waals surface area contributed by atoms with Gasteiger partial charge >= 0.3 is 0 Å². The van der Waals surface area contributed by atoms with Gasteiger partial charge in [-0.25, -0.2) is 0 Å². The number of fused-ring (bicyclic) bond motifs is 8. The second-order valence-electron chi connectivity index (χ2n) is 26.8. The molecule has 0 atom stereocenters. The molecule has 1 aliphatic carbocycles. The van der Waals surface area contributed by atoms with E-state index in [0.717, 1.165) is 6.42 Å². The second-order valence-corrected chi connectivity index (χ2v) is 27.9. The van der Waals surface area contributed by atoms with Crippen molar-refractivity contribution in [2.75, 3.05) is 9.80 Å². The van der Waals surface area contributed by atoms with Crippen molar-refractivity contribution in [2.24, 2.45) is 0 Å². The molecule has 6 aromatic rings. The number of benzene rings is 5. The molecule has 5 aromatic carbocycles. The first-order valence-electron chi connectivity index (χ1n) is 24.6. The first kappa shape index (κ1) is 45.9. The van der Waals surface area contributed by atoms with Crippen molar-refractivity contribution in [3.8, 4) is 0 Å². The molecule has 3 aliphatic rings. The number of hydrogen-bond donors (Lipinski definition) is 0. The standard InChI is InChI=1S/C61H77BN2S/c1-36-27-47-51-48(28-36)64(43-33-40(58(11,12)13)30-41(34-43)59(14,15)16)53-46(23-22-45-50(53)61(19,20)26-25-60(45,17)18)62(51)54-52(44-35-37(55(2,3)4)21-24-49(44)65-54)63(47)42-31-38(56(5,6)7)29-39(32-42)57(8,9)10/h21-24,27-35H,25-26H2,1-20H3. The molecule has 0 bridgehead atoms. The smallest absolute Gasteiger partial charge is 0.264 e. The third-order valence-corrected chi connectivity index (χ3v) is 16.7. The molecule has 3 heterocycles. The Morgan fingerprint density at radius 1 is 0.492 bits per heavy atom. The highest BCUT2D eigenvalue weighted by Gasteiger charge is 2.50. The number of nitrogens with zero attached hydrogens (tertiary/aromatic N) is 2. The van der Waals surface area contributed by atoms with Crippen molar-refractivity contribution < 1.29 is 0 Å². The van der Waals surface area contributed by atoms with Crippen LogP contribution in [0, 0.1) is 6.92 Å². The van der Waals surface area contributed by atoms with Gasteiger partial charge in [0.25, 0.3) is 6.71 Å². The molecular formula is C61H77BN2S. The van der Waals surface area contributed by atoms with Crippen molar-refractivity contribution in [1.82, 2.24) is 0 Å². The van der Waals surface area contributed by atoms with Gasteiger partial charge < -0.3 is 9.80 Å². The Kier molecular flexibility index (Phi) is 10.1. The van der Waals surface area contributed by atoms with E-state index < -0.39 is 0 Å². The zero-order valence-corrected chi connectivity index (χ0v) is 44.6. The SMILES string of the molecule is Cc1cc2c3c(c1)N(c1cc(C(C)(C)C)cc(C(C)(C)C)c1)c1c(sc4ccc(C(C)(C)C)cc14)B3c1ccc3c(c1N2c1cc(C(C)(C)C)cc(C(C)(C)C)c1)C(C)(C)CCC3(C)C. The summed E-state index contributed by atoms with van der Waals surface area (Å²) in [5.74, 6) is 0. The fourth-order valence-corrected chi connectivity index (χ4v) is 12.4. The highest BCUT2D eigenvalue weighted by atomic mass is 32.1. The molecule has 1 aromatic heterocycles. The zero-order chi connectivity index (χ0) is 47.5. The average molecular weight is 881 g/mol. The molecule has 65 heavy (non-hydrogen) atoms. The molecule has 0 radical (unpaired) electrons. The lowest BCUT2D eigenvalue weighted by Crippen LogP contribution is -2.61. The minimum Gasteiger partial charge on any atom is -0.311 e. The lowest BCUT2D eigenvalue weighted by atomic mass is 9.35. The Morgan fingerprint density at radius 3 is 1.40 bits per heavy atom. The highest BCUT2D eigenvalue weighted by Crippen LogP contribution is 2.55. The van der Waals surface area contributed by atoms with Gasteiger partial charge in [0.2, 0.25) is 0 Å². The molecule has 0 fully saturated rings. The van der Waals surface area contributed by atoms with Crippen LogP contribution in [-0.4, -0.2) is 6.71 Å². The minimum absolute atomic E-state index is 0.0125. The third-order valence-electron chi connectivity index (χ3n) is 15.4. The van der Waals surface area contributed by atoms with Crippen molar-refractivity contribution in [3.05, 3.63) is 123 Å². The molecule has 9 rings (SSSR count). The first-order valence-corrected chi connectivity index (χ1v) is 25.4. The zero-order valence-electron chi connectivity index (χ0n) is 43.8. The summed E-state index contributed by atoms with van der Waals surface area (Å²) in [6.07, 6.45) is 2.33. The predicted octanol–water partition coefficient (Wildman–Crippen LogP) is 16.1. The van der Waals surface area contributed by atoms with E-state index in [2.05, 4.69) is 227 Å². The first-order chi connectivity index (χ1) is 29.8. The summed E-state index contributed by atoms with van der Waals surface area (Å²) in [5, 5.41) is 1.36. The van der Waals surface area contributed by atoms with Crippen LogP contribution in [0.1, 0.15) is 189 Å². The molecular weight excluding hydrogens is 804 g/mol. The molecule has 4 heteroatoms. The summed E-state index contributed by atoms with van der Waals surface area (Å²) in [6.45, 7) is 48.0. The molecule has 2 nitrogen and oxygen atoms in total. The lowest BCUT2D eigenvalue weighted by Gasteiger charge is -2.49.